The molecule has 0 unspecified atom stereocenters. The van der Waals surface area contributed by atoms with Crippen molar-refractivity contribution in [3.8, 4) is 0 Å². The first-order valence-electron chi connectivity index (χ1n) is 10.5. The van der Waals surface area contributed by atoms with Gasteiger partial charge in [0.15, 0.2) is 0 Å². The Labute approximate surface area is 148 Å². The van der Waals surface area contributed by atoms with Gasteiger partial charge in [-0.3, -0.25) is 0 Å². The van der Waals surface area contributed by atoms with Gasteiger partial charge in [-0.25, -0.2) is 4.39 Å². The topological polar surface area (TPSA) is 0 Å². The predicted molar refractivity (Wildman–Crippen MR) is 101 cm³/mol. The predicted octanol–water partition coefficient (Wildman–Crippen LogP) is 7.17. The van der Waals surface area contributed by atoms with Gasteiger partial charge in [0.1, 0.15) is 5.82 Å². The Hall–Kier alpha value is -0.850. The summed E-state index contributed by atoms with van der Waals surface area (Å²) >= 11 is 0. The van der Waals surface area contributed by atoms with E-state index in [2.05, 4.69) is 6.92 Å². The lowest BCUT2D eigenvalue weighted by Crippen LogP contribution is -2.26. The number of aryl methyl sites for hydroxylation is 1. The van der Waals surface area contributed by atoms with Crippen LogP contribution >= 0.6 is 0 Å². The van der Waals surface area contributed by atoms with Crippen LogP contribution in [-0.4, -0.2) is 0 Å². The van der Waals surface area contributed by atoms with Gasteiger partial charge in [-0.2, -0.15) is 0 Å². The van der Waals surface area contributed by atoms with Gasteiger partial charge in [-0.15, -0.1) is 0 Å². The van der Waals surface area contributed by atoms with Gasteiger partial charge in [-0.1, -0.05) is 57.6 Å². The molecule has 1 aromatic carbocycles. The summed E-state index contributed by atoms with van der Waals surface area (Å²) in [5.41, 5.74) is 1.30. The number of hydrogen-bond acceptors (Lipinski definition) is 0. The zero-order valence-corrected chi connectivity index (χ0v) is 15.5. The third-order valence-corrected chi connectivity index (χ3v) is 6.90. The Balaban J connectivity index is 1.36. The minimum Gasteiger partial charge on any atom is -0.207 e. The molecule has 24 heavy (non-hydrogen) atoms. The first kappa shape index (κ1) is 18.0. The molecule has 1 heteroatoms. The van der Waals surface area contributed by atoms with Gasteiger partial charge in [0.25, 0.3) is 0 Å². The molecule has 0 aromatic heterocycles. The molecule has 134 valence electrons. The van der Waals surface area contributed by atoms with E-state index in [1.54, 1.807) is 12.1 Å². The lowest BCUT2D eigenvalue weighted by Gasteiger charge is -2.38. The standard InChI is InChI=1S/C23H35F/c1-2-3-18-6-12-21(13-7-18)22-14-8-19(9-15-22)4-5-20-10-16-23(24)17-11-20/h10-11,16-19,21-22H,2-9,12-15H2,1H3/t18-,19?,21-,22?. The molecular weight excluding hydrogens is 295 g/mol. The minimum absolute atomic E-state index is 0.118. The van der Waals surface area contributed by atoms with E-state index < -0.39 is 0 Å². The second-order valence-corrected chi connectivity index (χ2v) is 8.52. The summed E-state index contributed by atoms with van der Waals surface area (Å²) in [6.07, 6.45) is 17.1. The highest BCUT2D eigenvalue weighted by molar-refractivity contribution is 5.16. The summed E-state index contributed by atoms with van der Waals surface area (Å²) < 4.78 is 13.0. The molecule has 0 aliphatic heterocycles. The van der Waals surface area contributed by atoms with Crippen LogP contribution < -0.4 is 0 Å². The fourth-order valence-corrected chi connectivity index (χ4v) is 5.33. The van der Waals surface area contributed by atoms with Crippen LogP contribution in [0.2, 0.25) is 0 Å². The third kappa shape index (κ3) is 5.07. The summed E-state index contributed by atoms with van der Waals surface area (Å²) in [6.45, 7) is 2.33. The molecule has 3 rings (SSSR count). The fourth-order valence-electron chi connectivity index (χ4n) is 5.33. The molecule has 0 N–H and O–H groups in total. The van der Waals surface area contributed by atoms with Gasteiger partial charge in [-0.05, 0) is 79.9 Å². The lowest BCUT2D eigenvalue weighted by molar-refractivity contribution is 0.141. The SMILES string of the molecule is CCC[C@H]1CC[C@H](C2CCC(CCc3ccc(F)cc3)CC2)CC1. The van der Waals surface area contributed by atoms with Crippen LogP contribution in [0.1, 0.15) is 83.1 Å². The highest BCUT2D eigenvalue weighted by Crippen LogP contribution is 2.42. The van der Waals surface area contributed by atoms with Crippen LogP contribution in [0, 0.1) is 29.5 Å². The molecule has 0 nitrogen and oxygen atoms in total. The Morgan fingerprint density at radius 2 is 1.25 bits per heavy atom. The molecule has 2 fully saturated rings. The van der Waals surface area contributed by atoms with Crippen LogP contribution in [0.25, 0.3) is 0 Å². The molecule has 1 aromatic rings. The Morgan fingerprint density at radius 1 is 0.750 bits per heavy atom. The maximum absolute atomic E-state index is 13.0. The Kier molecular flexibility index (Phi) is 6.75. The highest BCUT2D eigenvalue weighted by atomic mass is 19.1. The maximum atomic E-state index is 13.0. The van der Waals surface area contributed by atoms with Gasteiger partial charge in [0.2, 0.25) is 0 Å². The van der Waals surface area contributed by atoms with E-state index in [1.165, 1.54) is 76.2 Å². The highest BCUT2D eigenvalue weighted by Gasteiger charge is 2.30. The second-order valence-electron chi connectivity index (χ2n) is 8.52. The number of halogens is 1. The third-order valence-electron chi connectivity index (χ3n) is 6.90. The molecule has 2 aliphatic rings. The summed E-state index contributed by atoms with van der Waals surface area (Å²) in [5, 5.41) is 0. The molecule has 0 amide bonds. The molecule has 0 heterocycles. The average Bonchev–Trinajstić information content (AvgIpc) is 2.63. The van der Waals surface area contributed by atoms with Crippen molar-refractivity contribution in [1.29, 1.82) is 0 Å². The Morgan fingerprint density at radius 3 is 1.75 bits per heavy atom. The van der Waals surface area contributed by atoms with Crippen molar-refractivity contribution >= 4 is 0 Å². The van der Waals surface area contributed by atoms with Crippen molar-refractivity contribution in [2.24, 2.45) is 23.7 Å². The van der Waals surface area contributed by atoms with Crippen molar-refractivity contribution in [2.75, 3.05) is 0 Å². The van der Waals surface area contributed by atoms with Gasteiger partial charge >= 0.3 is 0 Å². The van der Waals surface area contributed by atoms with E-state index >= 15 is 0 Å². The monoisotopic (exact) mass is 330 g/mol. The first-order valence-corrected chi connectivity index (χ1v) is 10.5. The van der Waals surface area contributed by atoms with E-state index in [4.69, 9.17) is 0 Å². The molecule has 0 bridgehead atoms. The fraction of sp³-hybridized carbons (Fsp3) is 0.739. The van der Waals surface area contributed by atoms with Gasteiger partial charge in [0, 0.05) is 0 Å². The number of hydrogen-bond donors (Lipinski definition) is 0. The molecular formula is C23H35F. The van der Waals surface area contributed by atoms with E-state index in [9.17, 15) is 4.39 Å². The van der Waals surface area contributed by atoms with Crippen molar-refractivity contribution in [2.45, 2.75) is 84.0 Å². The van der Waals surface area contributed by atoms with Crippen molar-refractivity contribution in [3.05, 3.63) is 35.6 Å². The second kappa shape index (κ2) is 9.02. The quantitative estimate of drug-likeness (QED) is 0.518. The molecule has 2 saturated carbocycles. The van der Waals surface area contributed by atoms with E-state index in [1.807, 2.05) is 12.1 Å². The number of benzene rings is 1. The largest absolute Gasteiger partial charge is 0.207 e. The van der Waals surface area contributed by atoms with Gasteiger partial charge in [0.05, 0.1) is 0 Å². The van der Waals surface area contributed by atoms with E-state index in [0.29, 0.717) is 0 Å². The van der Waals surface area contributed by atoms with Crippen LogP contribution in [0.15, 0.2) is 24.3 Å². The van der Waals surface area contributed by atoms with Crippen molar-refractivity contribution in [1.82, 2.24) is 0 Å². The van der Waals surface area contributed by atoms with Crippen molar-refractivity contribution < 1.29 is 4.39 Å². The van der Waals surface area contributed by atoms with Crippen LogP contribution in [0.5, 0.6) is 0 Å². The van der Waals surface area contributed by atoms with E-state index in [-0.39, 0.29) is 5.82 Å². The summed E-state index contributed by atoms with van der Waals surface area (Å²) in [5.74, 6) is 3.89. The summed E-state index contributed by atoms with van der Waals surface area (Å²) in [4.78, 5) is 0. The van der Waals surface area contributed by atoms with E-state index in [0.717, 1.165) is 30.1 Å². The molecule has 0 saturated heterocycles. The summed E-state index contributed by atoms with van der Waals surface area (Å²) in [7, 11) is 0. The molecule has 0 atom stereocenters. The molecule has 0 radical (unpaired) electrons. The zero-order chi connectivity index (χ0) is 16.8. The van der Waals surface area contributed by atoms with Crippen LogP contribution in [-0.2, 0) is 6.42 Å². The number of rotatable bonds is 6. The van der Waals surface area contributed by atoms with Crippen LogP contribution in [0.4, 0.5) is 4.39 Å². The molecule has 2 aliphatic carbocycles. The molecule has 0 spiro atoms. The van der Waals surface area contributed by atoms with Gasteiger partial charge < -0.3 is 0 Å². The smallest absolute Gasteiger partial charge is 0.123 e. The zero-order valence-electron chi connectivity index (χ0n) is 15.5. The van der Waals surface area contributed by atoms with Crippen molar-refractivity contribution in [3.63, 3.8) is 0 Å². The maximum Gasteiger partial charge on any atom is 0.123 e. The minimum atomic E-state index is -0.118. The summed E-state index contributed by atoms with van der Waals surface area (Å²) in [6, 6.07) is 7.10. The lowest BCUT2D eigenvalue weighted by atomic mass is 9.68. The normalized spacial score (nSPS) is 31.1. The average molecular weight is 331 g/mol. The van der Waals surface area contributed by atoms with Crippen LogP contribution in [0.3, 0.4) is 0 Å². The Bertz CT molecular complexity index is 461. The first-order chi connectivity index (χ1) is 11.7.